The molecule has 0 bridgehead atoms. The maximum absolute atomic E-state index is 11.4. The third-order valence-corrected chi connectivity index (χ3v) is 23.8. The summed E-state index contributed by atoms with van der Waals surface area (Å²) in [7, 11) is -3.96. The summed E-state index contributed by atoms with van der Waals surface area (Å²) >= 11 is 0. The second-order valence-electron chi connectivity index (χ2n) is 21.2. The van der Waals surface area contributed by atoms with E-state index in [9.17, 15) is 5.11 Å². The molecule has 0 radical (unpaired) electrons. The molecule has 1 aliphatic heterocycles. The summed E-state index contributed by atoms with van der Waals surface area (Å²) in [6, 6.07) is 0. The minimum atomic E-state index is -2.00. The first-order valence-corrected chi connectivity index (χ1v) is 26.2. The lowest BCUT2D eigenvalue weighted by atomic mass is 9.61. The lowest BCUT2D eigenvalue weighted by molar-refractivity contribution is 0.0969. The molecular formula is C44H75NO4Si2. The van der Waals surface area contributed by atoms with Gasteiger partial charge in [0.2, 0.25) is 0 Å². The van der Waals surface area contributed by atoms with Crippen LogP contribution in [0.4, 0.5) is 0 Å². The first-order chi connectivity index (χ1) is 23.3. The van der Waals surface area contributed by atoms with Gasteiger partial charge in [0.25, 0.3) is 0 Å². The highest BCUT2D eigenvalue weighted by Crippen LogP contribution is 2.60. The smallest absolute Gasteiger partial charge is 0.193 e. The highest BCUT2D eigenvalue weighted by atomic mass is 28.4. The van der Waals surface area contributed by atoms with Gasteiger partial charge in [0.15, 0.2) is 22.5 Å². The van der Waals surface area contributed by atoms with E-state index in [0.717, 1.165) is 37.2 Å². The van der Waals surface area contributed by atoms with Gasteiger partial charge < -0.3 is 18.7 Å². The Kier molecular flexibility index (Phi) is 11.3. The molecule has 0 unspecified atom stereocenters. The van der Waals surface area contributed by atoms with Gasteiger partial charge in [-0.05, 0) is 136 Å². The average Bonchev–Trinajstić information content (AvgIpc) is 3.61. The van der Waals surface area contributed by atoms with Crippen LogP contribution in [-0.2, 0) is 13.6 Å². The number of aliphatic hydroxyl groups excluding tert-OH is 1. The van der Waals surface area contributed by atoms with E-state index in [1.807, 2.05) is 0 Å². The van der Waals surface area contributed by atoms with Crippen LogP contribution in [0.25, 0.3) is 0 Å². The summed E-state index contributed by atoms with van der Waals surface area (Å²) < 4.78 is 20.2. The Bertz CT molecular complexity index is 1440. The molecule has 5 aliphatic rings. The molecule has 4 aliphatic carbocycles. The molecule has 288 valence electrons. The van der Waals surface area contributed by atoms with E-state index < -0.39 is 22.7 Å². The van der Waals surface area contributed by atoms with Crippen LogP contribution in [0.3, 0.4) is 0 Å². The maximum atomic E-state index is 11.4. The predicted octanol–water partition coefficient (Wildman–Crippen LogP) is 11.7. The van der Waals surface area contributed by atoms with Crippen molar-refractivity contribution >= 4 is 22.5 Å². The van der Waals surface area contributed by atoms with E-state index in [-0.39, 0.29) is 38.7 Å². The number of fused-ring (bicyclic) bond motifs is 1. The molecule has 5 rings (SSSR count). The lowest BCUT2D eigenvalue weighted by Crippen LogP contribution is -2.49. The second-order valence-corrected chi connectivity index (χ2v) is 30.7. The van der Waals surface area contributed by atoms with Gasteiger partial charge in [-0.15, -0.1) is 0 Å². The standard InChI is InChI=1S/C44H75NO4Si2/c1-30(18-23-38(46)44(25-26-44)39-45-42(9,10)29-47-39)35-21-22-36-32(17-16-24-43(35,36)11)19-20-33-27-34(48-50(12,13)40(3,4)5)28-37(31(33)2)49-51(14,15)41(6,7)8/h18-20,23,30,34-38,46H,2,16-17,21-22,24-29H2,1,3-15H3/b23-18+,32-19+,33-20-/t30-,34-,35-,36+,37+,38+,43-/m1/s1. The Morgan fingerprint density at radius 2 is 1.55 bits per heavy atom. The highest BCUT2D eigenvalue weighted by molar-refractivity contribution is 6.74. The van der Waals surface area contributed by atoms with Crippen LogP contribution in [0.1, 0.15) is 127 Å². The molecule has 7 heteroatoms. The van der Waals surface area contributed by atoms with Crippen LogP contribution in [0.5, 0.6) is 0 Å². The van der Waals surface area contributed by atoms with Gasteiger partial charge >= 0.3 is 0 Å². The van der Waals surface area contributed by atoms with Crippen LogP contribution in [-0.4, -0.2) is 58.1 Å². The Morgan fingerprint density at radius 3 is 2.12 bits per heavy atom. The van der Waals surface area contributed by atoms with Crippen LogP contribution < -0.4 is 0 Å². The fraction of sp³-hybridized carbons (Fsp3) is 0.795. The molecule has 0 aromatic heterocycles. The van der Waals surface area contributed by atoms with Crippen molar-refractivity contribution in [3.63, 3.8) is 0 Å². The Labute approximate surface area is 315 Å². The summed E-state index contributed by atoms with van der Waals surface area (Å²) in [5.74, 6) is 2.39. The first-order valence-electron chi connectivity index (χ1n) is 20.4. The van der Waals surface area contributed by atoms with Gasteiger partial charge in [-0.1, -0.05) is 91.8 Å². The van der Waals surface area contributed by atoms with Gasteiger partial charge in [0.1, 0.15) is 6.61 Å². The molecule has 7 atom stereocenters. The van der Waals surface area contributed by atoms with Crippen LogP contribution >= 0.6 is 0 Å². The minimum Gasteiger partial charge on any atom is -0.478 e. The highest BCUT2D eigenvalue weighted by Gasteiger charge is 2.56. The average molecular weight is 738 g/mol. The topological polar surface area (TPSA) is 60.3 Å². The zero-order valence-corrected chi connectivity index (χ0v) is 37.2. The third-order valence-electron chi connectivity index (χ3n) is 14.8. The van der Waals surface area contributed by atoms with Crippen molar-refractivity contribution in [3.8, 4) is 0 Å². The number of aliphatic hydroxyl groups is 1. The molecule has 0 spiro atoms. The Hall–Kier alpha value is -1.26. The molecule has 4 saturated carbocycles. The second kappa shape index (κ2) is 14.1. The normalized spacial score (nSPS) is 34.1. The molecular weight excluding hydrogens is 663 g/mol. The fourth-order valence-electron chi connectivity index (χ4n) is 9.12. The van der Waals surface area contributed by atoms with Crippen molar-refractivity contribution in [2.75, 3.05) is 6.61 Å². The summed E-state index contributed by atoms with van der Waals surface area (Å²) in [5, 5.41) is 11.7. The van der Waals surface area contributed by atoms with Gasteiger partial charge in [-0.2, -0.15) is 0 Å². The van der Waals surface area contributed by atoms with Crippen molar-refractivity contribution < 1.29 is 18.7 Å². The van der Waals surface area contributed by atoms with Gasteiger partial charge in [0, 0.05) is 6.42 Å². The molecule has 5 nitrogen and oxygen atoms in total. The summed E-state index contributed by atoms with van der Waals surface area (Å²) in [6.07, 6.45) is 18.8. The van der Waals surface area contributed by atoms with Gasteiger partial charge in [-0.25, -0.2) is 4.99 Å². The van der Waals surface area contributed by atoms with E-state index in [4.69, 9.17) is 25.2 Å². The van der Waals surface area contributed by atoms with Crippen molar-refractivity contribution in [3.05, 3.63) is 47.6 Å². The lowest BCUT2D eigenvalue weighted by Gasteiger charge is -2.45. The predicted molar refractivity (Wildman–Crippen MR) is 220 cm³/mol. The molecule has 0 aromatic rings. The Morgan fingerprint density at radius 1 is 0.922 bits per heavy atom. The number of hydrogen-bond acceptors (Lipinski definition) is 5. The van der Waals surface area contributed by atoms with Crippen molar-refractivity contribution in [2.24, 2.45) is 33.6 Å². The molecule has 51 heavy (non-hydrogen) atoms. The molecule has 4 fully saturated rings. The molecule has 0 amide bonds. The third kappa shape index (κ3) is 8.38. The van der Waals surface area contributed by atoms with Crippen LogP contribution in [0.15, 0.2) is 52.6 Å². The quantitative estimate of drug-likeness (QED) is 0.179. The molecule has 0 saturated heterocycles. The summed E-state index contributed by atoms with van der Waals surface area (Å²) in [5.41, 5.74) is 3.87. The van der Waals surface area contributed by atoms with E-state index in [0.29, 0.717) is 24.4 Å². The van der Waals surface area contributed by atoms with E-state index in [1.54, 1.807) is 5.57 Å². The SMILES string of the molecule is C=C1/C(=C\C=C2/CCC[C@]3(C)[C@@H]([C@H](C)/C=C/[C@H](O)C4(C5=NC(C)(C)CO5)CC4)CC[C@@H]23)C[C@@H](O[Si](C)(C)C(C)(C)C)C[C@@H]1O[Si](C)(C)C(C)(C)C. The van der Waals surface area contributed by atoms with Gasteiger partial charge in [-0.3, -0.25) is 0 Å². The number of hydrogen-bond donors (Lipinski definition) is 1. The zero-order chi connectivity index (χ0) is 38.0. The Balaban J connectivity index is 1.34. The van der Waals surface area contributed by atoms with Crippen LogP contribution in [0, 0.1) is 28.6 Å². The molecule has 0 aromatic carbocycles. The molecule has 1 heterocycles. The van der Waals surface area contributed by atoms with E-state index >= 15 is 0 Å². The maximum Gasteiger partial charge on any atom is 0.193 e. The summed E-state index contributed by atoms with van der Waals surface area (Å²) in [6.45, 7) is 38.0. The van der Waals surface area contributed by atoms with E-state index in [2.05, 4.69) is 120 Å². The van der Waals surface area contributed by atoms with Crippen LogP contribution in [0.2, 0.25) is 36.3 Å². The number of rotatable bonds is 10. The van der Waals surface area contributed by atoms with Crippen molar-refractivity contribution in [2.45, 2.75) is 187 Å². The molecule has 1 N–H and O–H groups in total. The first kappa shape index (κ1) is 40.9. The monoisotopic (exact) mass is 738 g/mol. The zero-order valence-electron chi connectivity index (χ0n) is 35.2. The minimum absolute atomic E-state index is 0.00287. The van der Waals surface area contributed by atoms with Crippen molar-refractivity contribution in [1.82, 2.24) is 0 Å². The number of allylic oxidation sites excluding steroid dienone is 4. The van der Waals surface area contributed by atoms with Crippen molar-refractivity contribution in [1.29, 1.82) is 0 Å². The van der Waals surface area contributed by atoms with Gasteiger partial charge in [0.05, 0.1) is 29.3 Å². The largest absolute Gasteiger partial charge is 0.478 e. The number of aliphatic imine (C=N–C) groups is 1. The number of ether oxygens (including phenoxy) is 1. The summed E-state index contributed by atoms with van der Waals surface area (Å²) in [4.78, 5) is 4.84. The van der Waals surface area contributed by atoms with E-state index in [1.165, 1.54) is 37.7 Å². The number of nitrogens with zero attached hydrogens (tertiary/aromatic N) is 1. The fourth-order valence-corrected chi connectivity index (χ4v) is 11.8.